The van der Waals surface area contributed by atoms with Crippen LogP contribution in [-0.4, -0.2) is 35.1 Å². The van der Waals surface area contributed by atoms with E-state index in [2.05, 4.69) is 17.4 Å². The number of carbonyl (C=O) groups excluding carboxylic acids is 3. The van der Waals surface area contributed by atoms with Gasteiger partial charge in [-0.3, -0.25) is 14.4 Å². The van der Waals surface area contributed by atoms with Crippen LogP contribution in [-0.2, 0) is 22.4 Å². The van der Waals surface area contributed by atoms with Crippen molar-refractivity contribution in [2.75, 3.05) is 11.9 Å². The Morgan fingerprint density at radius 3 is 2.19 bits per heavy atom. The van der Waals surface area contributed by atoms with Crippen molar-refractivity contribution in [3.63, 3.8) is 0 Å². The van der Waals surface area contributed by atoms with E-state index in [9.17, 15) is 14.4 Å². The van der Waals surface area contributed by atoms with E-state index in [1.807, 2.05) is 53.4 Å². The molecule has 1 atom stereocenters. The molecule has 1 heterocycles. The first-order valence-corrected chi connectivity index (χ1v) is 11.0. The Morgan fingerprint density at radius 1 is 0.781 bits per heavy atom. The van der Waals surface area contributed by atoms with Gasteiger partial charge in [-0.1, -0.05) is 54.6 Å². The van der Waals surface area contributed by atoms with Crippen LogP contribution < -0.4 is 5.32 Å². The van der Waals surface area contributed by atoms with E-state index in [4.69, 9.17) is 0 Å². The Hall–Kier alpha value is -3.73. The molecule has 1 aliphatic heterocycles. The normalized spacial score (nSPS) is 19.1. The van der Waals surface area contributed by atoms with Crippen LogP contribution in [0.25, 0.3) is 11.1 Å². The van der Waals surface area contributed by atoms with Crippen LogP contribution in [0.5, 0.6) is 0 Å². The van der Waals surface area contributed by atoms with Crippen molar-refractivity contribution in [2.45, 2.75) is 25.3 Å². The van der Waals surface area contributed by atoms with Crippen molar-refractivity contribution in [1.82, 2.24) is 4.90 Å². The number of ketones is 1. The van der Waals surface area contributed by atoms with Crippen molar-refractivity contribution < 1.29 is 14.4 Å². The molecular weight excluding hydrogens is 400 g/mol. The fourth-order valence-corrected chi connectivity index (χ4v) is 5.37. The number of nitrogens with zero attached hydrogens (tertiary/aromatic N) is 1. The molecule has 2 amide bonds. The number of hydrogen-bond acceptors (Lipinski definition) is 3. The van der Waals surface area contributed by atoms with E-state index in [1.165, 1.54) is 11.1 Å². The van der Waals surface area contributed by atoms with E-state index in [0.29, 0.717) is 23.4 Å². The highest BCUT2D eigenvalue weighted by molar-refractivity contribution is 6.22. The van der Waals surface area contributed by atoms with Crippen LogP contribution in [0.4, 0.5) is 5.69 Å². The number of fused-ring (bicyclic) bond motifs is 4. The third-order valence-corrected chi connectivity index (χ3v) is 6.99. The zero-order valence-electron chi connectivity index (χ0n) is 17.5. The molecule has 0 saturated carbocycles. The molecule has 0 spiro atoms. The minimum absolute atomic E-state index is 0.0188. The smallest absolute Gasteiger partial charge is 0.229 e. The van der Waals surface area contributed by atoms with E-state index in [-0.39, 0.29) is 36.0 Å². The summed E-state index contributed by atoms with van der Waals surface area (Å²) in [5, 5.41) is 2.94. The molecule has 2 aliphatic carbocycles. The topological polar surface area (TPSA) is 66.5 Å². The van der Waals surface area contributed by atoms with Crippen LogP contribution >= 0.6 is 0 Å². The Labute approximate surface area is 186 Å². The van der Waals surface area contributed by atoms with Crippen LogP contribution in [0.2, 0.25) is 0 Å². The Kier molecular flexibility index (Phi) is 4.25. The van der Waals surface area contributed by atoms with Gasteiger partial charge >= 0.3 is 0 Å². The van der Waals surface area contributed by atoms with Gasteiger partial charge in [0, 0.05) is 35.8 Å². The largest absolute Gasteiger partial charge is 0.338 e. The molecule has 1 saturated heterocycles. The molecule has 5 heteroatoms. The van der Waals surface area contributed by atoms with Crippen LogP contribution in [0.1, 0.15) is 33.5 Å². The molecule has 5 nitrogen and oxygen atoms in total. The quantitative estimate of drug-likeness (QED) is 0.545. The molecule has 1 N–H and O–H groups in total. The second kappa shape index (κ2) is 7.16. The predicted octanol–water partition coefficient (Wildman–Crippen LogP) is 3.85. The Morgan fingerprint density at radius 2 is 1.44 bits per heavy atom. The lowest BCUT2D eigenvalue weighted by molar-refractivity contribution is -0.129. The van der Waals surface area contributed by atoms with Crippen molar-refractivity contribution in [2.24, 2.45) is 5.92 Å². The molecule has 3 aromatic carbocycles. The summed E-state index contributed by atoms with van der Waals surface area (Å²) in [7, 11) is 0. The highest BCUT2D eigenvalue weighted by atomic mass is 16.2. The Balaban J connectivity index is 1.16. The Bertz CT molecular complexity index is 1270. The molecule has 0 radical (unpaired) electrons. The highest BCUT2D eigenvalue weighted by Crippen LogP contribution is 2.38. The summed E-state index contributed by atoms with van der Waals surface area (Å²) in [4.78, 5) is 40.3. The molecule has 6 rings (SSSR count). The van der Waals surface area contributed by atoms with Gasteiger partial charge in [0.25, 0.3) is 0 Å². The predicted molar refractivity (Wildman–Crippen MR) is 121 cm³/mol. The standard InChI is InChI=1S/C27H22N2O3/c30-25-13-18(15-29(25)20-11-16-5-1-2-6-17(16)12-20)27(32)28-19-9-10-22-21-7-3-4-8-23(21)26(31)24(22)14-19/h1-10,14,18,20H,11-13,15H2,(H,28,32). The minimum Gasteiger partial charge on any atom is -0.338 e. The SMILES string of the molecule is O=C1c2ccccc2-c2ccc(NC(=O)C3CC(=O)N(C4Cc5ccccc5C4)C3)cc21. The molecule has 3 aliphatic rings. The van der Waals surface area contributed by atoms with E-state index in [1.54, 1.807) is 6.07 Å². The zero-order chi connectivity index (χ0) is 21.8. The van der Waals surface area contributed by atoms with Gasteiger partial charge in [-0.2, -0.15) is 0 Å². The summed E-state index contributed by atoms with van der Waals surface area (Å²) < 4.78 is 0. The lowest BCUT2D eigenvalue weighted by Gasteiger charge is -2.24. The average molecular weight is 422 g/mol. The maximum Gasteiger partial charge on any atom is 0.229 e. The summed E-state index contributed by atoms with van der Waals surface area (Å²) >= 11 is 0. The highest BCUT2D eigenvalue weighted by Gasteiger charge is 2.40. The summed E-state index contributed by atoms with van der Waals surface area (Å²) in [6.07, 6.45) is 1.93. The molecule has 1 unspecified atom stereocenters. The monoisotopic (exact) mass is 422 g/mol. The molecule has 0 bridgehead atoms. The van der Waals surface area contributed by atoms with Crippen molar-refractivity contribution >= 4 is 23.3 Å². The second-order valence-corrected chi connectivity index (χ2v) is 8.90. The van der Waals surface area contributed by atoms with E-state index in [0.717, 1.165) is 24.0 Å². The van der Waals surface area contributed by atoms with Gasteiger partial charge in [0.2, 0.25) is 11.8 Å². The van der Waals surface area contributed by atoms with Gasteiger partial charge in [-0.05, 0) is 47.2 Å². The summed E-state index contributed by atoms with van der Waals surface area (Å²) in [6.45, 7) is 0.443. The first-order valence-electron chi connectivity index (χ1n) is 11.0. The fourth-order valence-electron chi connectivity index (χ4n) is 5.37. The molecule has 3 aromatic rings. The van der Waals surface area contributed by atoms with Crippen LogP contribution in [0.3, 0.4) is 0 Å². The van der Waals surface area contributed by atoms with Crippen molar-refractivity contribution in [3.05, 3.63) is 89.0 Å². The van der Waals surface area contributed by atoms with Crippen LogP contribution in [0, 0.1) is 5.92 Å². The van der Waals surface area contributed by atoms with Gasteiger partial charge in [0.15, 0.2) is 5.78 Å². The third-order valence-electron chi connectivity index (χ3n) is 6.99. The average Bonchev–Trinajstić information content (AvgIpc) is 3.48. The van der Waals surface area contributed by atoms with Crippen LogP contribution in [0.15, 0.2) is 66.7 Å². The number of anilines is 1. The van der Waals surface area contributed by atoms with Gasteiger partial charge in [0.1, 0.15) is 0 Å². The first-order chi connectivity index (χ1) is 15.6. The number of carbonyl (C=O) groups is 3. The van der Waals surface area contributed by atoms with Crippen molar-refractivity contribution in [1.29, 1.82) is 0 Å². The second-order valence-electron chi connectivity index (χ2n) is 8.90. The minimum atomic E-state index is -0.382. The lowest BCUT2D eigenvalue weighted by atomic mass is 10.0. The fraction of sp³-hybridized carbons (Fsp3) is 0.222. The number of hydrogen-bond donors (Lipinski definition) is 1. The summed E-state index contributed by atoms with van der Waals surface area (Å²) in [6, 6.07) is 21.4. The number of nitrogens with one attached hydrogen (secondary N) is 1. The molecule has 1 fully saturated rings. The lowest BCUT2D eigenvalue weighted by Crippen LogP contribution is -2.38. The van der Waals surface area contributed by atoms with E-state index >= 15 is 0 Å². The van der Waals surface area contributed by atoms with E-state index < -0.39 is 0 Å². The van der Waals surface area contributed by atoms with Gasteiger partial charge < -0.3 is 10.2 Å². The molecule has 0 aromatic heterocycles. The van der Waals surface area contributed by atoms with Crippen molar-refractivity contribution in [3.8, 4) is 11.1 Å². The van der Waals surface area contributed by atoms with Gasteiger partial charge in [-0.15, -0.1) is 0 Å². The summed E-state index contributed by atoms with van der Waals surface area (Å²) in [5.74, 6) is -0.524. The maximum atomic E-state index is 13.0. The molecular formula is C27H22N2O3. The first kappa shape index (κ1) is 19.0. The number of amides is 2. The zero-order valence-corrected chi connectivity index (χ0v) is 17.5. The number of likely N-dealkylation sites (tertiary alicyclic amines) is 1. The number of benzene rings is 3. The molecule has 158 valence electrons. The number of rotatable bonds is 3. The third kappa shape index (κ3) is 2.96. The molecule has 32 heavy (non-hydrogen) atoms. The maximum absolute atomic E-state index is 13.0. The van der Waals surface area contributed by atoms with Gasteiger partial charge in [0.05, 0.1) is 5.92 Å². The van der Waals surface area contributed by atoms with Gasteiger partial charge in [-0.25, -0.2) is 0 Å². The summed E-state index contributed by atoms with van der Waals surface area (Å²) in [5.41, 5.74) is 6.31.